The average Bonchev–Trinajstić information content (AvgIpc) is 2.28. The molecule has 7 nitrogen and oxygen atoms in total. The minimum atomic E-state index is -4.32. The van der Waals surface area contributed by atoms with Gasteiger partial charge >= 0.3 is 0 Å². The Morgan fingerprint density at radius 3 is 2.16 bits per heavy atom. The average molecular weight is 288 g/mol. The van der Waals surface area contributed by atoms with Gasteiger partial charge < -0.3 is 10.8 Å². The van der Waals surface area contributed by atoms with Crippen molar-refractivity contribution in [1.82, 2.24) is 4.47 Å². The number of nitrogens with two attached hydrogens (primary N) is 1. The number of benzene rings is 1. The van der Waals surface area contributed by atoms with E-state index in [1.807, 2.05) is 0 Å². The Balaban J connectivity index is 3.19. The highest BCUT2D eigenvalue weighted by atomic mass is 32.2. The van der Waals surface area contributed by atoms with E-state index in [-0.39, 0.29) is 9.36 Å². The van der Waals surface area contributed by atoms with Crippen molar-refractivity contribution in [1.29, 1.82) is 0 Å². The number of primary amides is 1. The van der Waals surface area contributed by atoms with E-state index in [0.717, 1.165) is 12.5 Å². The molecule has 0 fully saturated rings. The van der Waals surface area contributed by atoms with Crippen LogP contribution in [0.4, 0.5) is 0 Å². The Labute approximate surface area is 111 Å². The number of amides is 1. The SMILES string of the molecule is Cc1ccc(S(=O)(=O)N(O)C(C(N)=O)C(C)O)cc1. The molecule has 0 saturated carbocycles. The number of sulfonamides is 1. The lowest BCUT2D eigenvalue weighted by atomic mass is 10.2. The fourth-order valence-electron chi connectivity index (χ4n) is 1.50. The Kier molecular flexibility index (Phi) is 4.64. The molecule has 0 aliphatic heterocycles. The van der Waals surface area contributed by atoms with E-state index in [1.54, 1.807) is 19.1 Å². The van der Waals surface area contributed by atoms with E-state index < -0.39 is 28.1 Å². The second-order valence-corrected chi connectivity index (χ2v) is 5.97. The first-order valence-electron chi connectivity index (χ1n) is 5.45. The summed E-state index contributed by atoms with van der Waals surface area (Å²) in [6, 6.07) is 3.92. The van der Waals surface area contributed by atoms with Gasteiger partial charge in [-0.05, 0) is 26.0 Å². The molecular formula is C11H16N2O5S. The number of carbonyl (C=O) groups excluding carboxylic acids is 1. The van der Waals surface area contributed by atoms with E-state index in [4.69, 9.17) is 5.73 Å². The van der Waals surface area contributed by atoms with Gasteiger partial charge in [-0.15, -0.1) is 0 Å². The predicted octanol–water partition coefficient (Wildman–Crippen LogP) is -0.390. The predicted molar refractivity (Wildman–Crippen MR) is 66.7 cm³/mol. The van der Waals surface area contributed by atoms with Crippen molar-refractivity contribution < 1.29 is 23.5 Å². The van der Waals surface area contributed by atoms with E-state index in [2.05, 4.69) is 0 Å². The second kappa shape index (κ2) is 5.66. The number of aliphatic hydroxyl groups excluding tert-OH is 1. The highest BCUT2D eigenvalue weighted by molar-refractivity contribution is 7.89. The number of nitrogens with zero attached hydrogens (tertiary/aromatic N) is 1. The molecule has 19 heavy (non-hydrogen) atoms. The molecule has 0 aliphatic rings. The Hall–Kier alpha value is -1.48. The van der Waals surface area contributed by atoms with Crippen LogP contribution in [0.25, 0.3) is 0 Å². The van der Waals surface area contributed by atoms with Gasteiger partial charge in [0, 0.05) is 0 Å². The fourth-order valence-corrected chi connectivity index (χ4v) is 2.77. The zero-order valence-electron chi connectivity index (χ0n) is 10.5. The van der Waals surface area contributed by atoms with Gasteiger partial charge in [-0.25, -0.2) is 8.42 Å². The summed E-state index contributed by atoms with van der Waals surface area (Å²) >= 11 is 0. The Morgan fingerprint density at radius 1 is 1.32 bits per heavy atom. The molecule has 1 amide bonds. The molecule has 0 aromatic heterocycles. The molecule has 0 spiro atoms. The first-order valence-corrected chi connectivity index (χ1v) is 6.89. The molecule has 1 aromatic rings. The molecule has 4 N–H and O–H groups in total. The Bertz CT molecular complexity index is 553. The first-order chi connectivity index (χ1) is 8.67. The topological polar surface area (TPSA) is 121 Å². The van der Waals surface area contributed by atoms with Crippen molar-refractivity contribution in [2.75, 3.05) is 0 Å². The van der Waals surface area contributed by atoms with Crippen LogP contribution >= 0.6 is 0 Å². The standard InChI is InChI=1S/C11H16N2O5S/c1-7-3-5-9(6-4-7)19(17,18)13(16)10(8(2)14)11(12)15/h3-6,8,10,14,16H,1-2H3,(H2,12,15). The summed E-state index contributed by atoms with van der Waals surface area (Å²) in [5, 5.41) is 19.0. The third kappa shape index (κ3) is 3.29. The number of hydroxylamine groups is 1. The van der Waals surface area contributed by atoms with E-state index in [1.165, 1.54) is 12.1 Å². The van der Waals surface area contributed by atoms with Crippen LogP contribution in [0.3, 0.4) is 0 Å². The minimum Gasteiger partial charge on any atom is -0.391 e. The van der Waals surface area contributed by atoms with Crippen molar-refractivity contribution in [3.63, 3.8) is 0 Å². The lowest BCUT2D eigenvalue weighted by molar-refractivity contribution is -0.138. The summed E-state index contributed by atoms with van der Waals surface area (Å²) in [6.07, 6.45) is -1.44. The van der Waals surface area contributed by atoms with Crippen molar-refractivity contribution >= 4 is 15.9 Å². The lowest BCUT2D eigenvalue weighted by Crippen LogP contribution is -2.51. The van der Waals surface area contributed by atoms with Crippen LogP contribution in [-0.4, -0.2) is 41.3 Å². The van der Waals surface area contributed by atoms with Gasteiger partial charge in [0.05, 0.1) is 11.0 Å². The van der Waals surface area contributed by atoms with Crippen molar-refractivity contribution in [3.8, 4) is 0 Å². The van der Waals surface area contributed by atoms with Crippen LogP contribution in [0.15, 0.2) is 29.2 Å². The normalized spacial score (nSPS) is 15.2. The summed E-state index contributed by atoms with van der Waals surface area (Å²) in [7, 11) is -4.32. The van der Waals surface area contributed by atoms with Gasteiger partial charge in [-0.3, -0.25) is 10.0 Å². The van der Waals surface area contributed by atoms with Gasteiger partial charge in [0.2, 0.25) is 5.91 Å². The molecule has 0 radical (unpaired) electrons. The number of aryl methyl sites for hydroxylation is 1. The maximum Gasteiger partial charge on any atom is 0.265 e. The molecule has 2 unspecified atom stereocenters. The number of carbonyl (C=O) groups is 1. The van der Waals surface area contributed by atoms with Crippen molar-refractivity contribution in [2.45, 2.75) is 30.9 Å². The maximum atomic E-state index is 12.1. The maximum absolute atomic E-state index is 12.1. The molecule has 0 saturated heterocycles. The highest BCUT2D eigenvalue weighted by Crippen LogP contribution is 2.18. The van der Waals surface area contributed by atoms with Crippen molar-refractivity contribution in [3.05, 3.63) is 29.8 Å². The molecule has 1 rings (SSSR count). The van der Waals surface area contributed by atoms with Crippen LogP contribution in [0.2, 0.25) is 0 Å². The van der Waals surface area contributed by atoms with Crippen LogP contribution in [0.1, 0.15) is 12.5 Å². The van der Waals surface area contributed by atoms with Crippen LogP contribution in [0.5, 0.6) is 0 Å². The number of aliphatic hydroxyl groups is 1. The molecule has 1 aromatic carbocycles. The first kappa shape index (κ1) is 15.6. The third-order valence-electron chi connectivity index (χ3n) is 2.55. The van der Waals surface area contributed by atoms with Crippen LogP contribution < -0.4 is 5.73 Å². The van der Waals surface area contributed by atoms with Gasteiger partial charge in [0.1, 0.15) is 0 Å². The molecule has 0 aliphatic carbocycles. The Morgan fingerprint density at radius 2 is 1.79 bits per heavy atom. The second-order valence-electron chi connectivity index (χ2n) is 4.18. The van der Waals surface area contributed by atoms with Crippen LogP contribution in [0, 0.1) is 6.92 Å². The molecule has 0 heterocycles. The molecule has 0 bridgehead atoms. The van der Waals surface area contributed by atoms with E-state index in [9.17, 15) is 23.5 Å². The quantitative estimate of drug-likeness (QED) is 0.637. The van der Waals surface area contributed by atoms with E-state index in [0.29, 0.717) is 0 Å². The molecule has 106 valence electrons. The minimum absolute atomic E-state index is 0.201. The zero-order chi connectivity index (χ0) is 14.8. The summed E-state index contributed by atoms with van der Waals surface area (Å²) in [4.78, 5) is 10.9. The summed E-state index contributed by atoms with van der Waals surface area (Å²) in [5.74, 6) is -1.15. The molecule has 8 heteroatoms. The van der Waals surface area contributed by atoms with Gasteiger partial charge in [0.25, 0.3) is 10.0 Å². The van der Waals surface area contributed by atoms with Gasteiger partial charge in [-0.2, -0.15) is 0 Å². The van der Waals surface area contributed by atoms with Gasteiger partial charge in [0.15, 0.2) is 6.04 Å². The summed E-state index contributed by atoms with van der Waals surface area (Å²) in [5.41, 5.74) is 5.81. The smallest absolute Gasteiger partial charge is 0.265 e. The molecular weight excluding hydrogens is 272 g/mol. The number of rotatable bonds is 5. The fraction of sp³-hybridized carbons (Fsp3) is 0.364. The van der Waals surface area contributed by atoms with Crippen molar-refractivity contribution in [2.24, 2.45) is 5.73 Å². The van der Waals surface area contributed by atoms with Crippen LogP contribution in [-0.2, 0) is 14.8 Å². The summed E-state index contributed by atoms with van der Waals surface area (Å²) in [6.45, 7) is 2.93. The number of hydrogen-bond donors (Lipinski definition) is 3. The number of hydrogen-bond acceptors (Lipinski definition) is 5. The monoisotopic (exact) mass is 288 g/mol. The van der Waals surface area contributed by atoms with Gasteiger partial charge in [-0.1, -0.05) is 22.2 Å². The summed E-state index contributed by atoms with van der Waals surface area (Å²) < 4.78 is 23.9. The highest BCUT2D eigenvalue weighted by Gasteiger charge is 2.37. The zero-order valence-corrected chi connectivity index (χ0v) is 11.3. The lowest BCUT2D eigenvalue weighted by Gasteiger charge is -2.24. The molecule has 2 atom stereocenters. The largest absolute Gasteiger partial charge is 0.391 e. The third-order valence-corrected chi connectivity index (χ3v) is 4.14. The van der Waals surface area contributed by atoms with E-state index >= 15 is 0 Å².